The van der Waals surface area contributed by atoms with Crippen LogP contribution in [0.3, 0.4) is 0 Å². The second kappa shape index (κ2) is 4.94. The molecule has 1 N–H and O–H groups in total. The molecule has 1 heterocycles. The van der Waals surface area contributed by atoms with Gasteiger partial charge in [0.15, 0.2) is 6.10 Å². The molecule has 0 amide bonds. The lowest BCUT2D eigenvalue weighted by Crippen LogP contribution is -2.23. The van der Waals surface area contributed by atoms with Crippen molar-refractivity contribution < 1.29 is 14.6 Å². The molecule has 1 atom stereocenters. The minimum absolute atomic E-state index is 0.479. The standard InChI is InChI=1S/C13H12BrNO3/c1-7-5-6-15-12-10(18-8(2)13(16)17)4-3-9(14)11(7)12/h3-6,8H,1-2H3,(H,16,17). The van der Waals surface area contributed by atoms with Crippen LogP contribution in [0, 0.1) is 6.92 Å². The van der Waals surface area contributed by atoms with E-state index < -0.39 is 12.1 Å². The maximum absolute atomic E-state index is 10.8. The number of nitrogens with zero attached hydrogens (tertiary/aromatic N) is 1. The van der Waals surface area contributed by atoms with Gasteiger partial charge in [-0.25, -0.2) is 4.79 Å². The summed E-state index contributed by atoms with van der Waals surface area (Å²) in [5, 5.41) is 9.81. The van der Waals surface area contributed by atoms with Crippen LogP contribution in [0.15, 0.2) is 28.9 Å². The van der Waals surface area contributed by atoms with Crippen molar-refractivity contribution in [1.82, 2.24) is 4.98 Å². The first kappa shape index (κ1) is 12.8. The number of aliphatic carboxylic acids is 1. The molecule has 18 heavy (non-hydrogen) atoms. The molecule has 0 saturated carbocycles. The highest BCUT2D eigenvalue weighted by molar-refractivity contribution is 9.10. The Kier molecular flexibility index (Phi) is 3.52. The highest BCUT2D eigenvalue weighted by Gasteiger charge is 2.16. The Bertz CT molecular complexity index is 604. The maximum atomic E-state index is 10.8. The lowest BCUT2D eigenvalue weighted by Gasteiger charge is -2.13. The maximum Gasteiger partial charge on any atom is 0.344 e. The Morgan fingerprint density at radius 2 is 2.17 bits per heavy atom. The Hall–Kier alpha value is -1.62. The monoisotopic (exact) mass is 309 g/mol. The first-order valence-electron chi connectivity index (χ1n) is 5.44. The molecule has 1 aromatic heterocycles. The van der Waals surface area contributed by atoms with Gasteiger partial charge in [-0.3, -0.25) is 4.98 Å². The van der Waals surface area contributed by atoms with Crippen LogP contribution in [-0.2, 0) is 4.79 Å². The number of halogens is 1. The molecule has 0 spiro atoms. The Balaban J connectivity index is 2.56. The van der Waals surface area contributed by atoms with Crippen molar-refractivity contribution in [2.75, 3.05) is 0 Å². The van der Waals surface area contributed by atoms with Crippen LogP contribution in [0.4, 0.5) is 0 Å². The molecule has 2 rings (SSSR count). The zero-order valence-corrected chi connectivity index (χ0v) is 11.6. The molecule has 0 bridgehead atoms. The third-order valence-electron chi connectivity index (χ3n) is 2.66. The lowest BCUT2D eigenvalue weighted by atomic mass is 10.1. The van der Waals surface area contributed by atoms with Gasteiger partial charge in [-0.15, -0.1) is 0 Å². The Morgan fingerprint density at radius 3 is 2.83 bits per heavy atom. The zero-order valence-electron chi connectivity index (χ0n) is 9.98. The van der Waals surface area contributed by atoms with Crippen molar-refractivity contribution in [3.05, 3.63) is 34.4 Å². The number of aryl methyl sites for hydroxylation is 1. The molecule has 0 saturated heterocycles. The number of hydrogen-bond acceptors (Lipinski definition) is 3. The fourth-order valence-corrected chi connectivity index (χ4v) is 2.33. The predicted octanol–water partition coefficient (Wildman–Crippen LogP) is 3.16. The molecular formula is C13H12BrNO3. The molecule has 0 aliphatic heterocycles. The van der Waals surface area contributed by atoms with Crippen molar-refractivity contribution in [1.29, 1.82) is 0 Å². The van der Waals surface area contributed by atoms with Crippen molar-refractivity contribution >= 4 is 32.8 Å². The number of hydrogen-bond donors (Lipinski definition) is 1. The minimum Gasteiger partial charge on any atom is -0.479 e. The van der Waals surface area contributed by atoms with Crippen LogP contribution in [0.5, 0.6) is 5.75 Å². The molecule has 4 nitrogen and oxygen atoms in total. The highest BCUT2D eigenvalue weighted by atomic mass is 79.9. The van der Waals surface area contributed by atoms with E-state index >= 15 is 0 Å². The summed E-state index contributed by atoms with van der Waals surface area (Å²) in [6, 6.07) is 5.46. The molecule has 1 aromatic carbocycles. The number of aromatic nitrogens is 1. The fraction of sp³-hybridized carbons (Fsp3) is 0.231. The van der Waals surface area contributed by atoms with E-state index in [-0.39, 0.29) is 0 Å². The van der Waals surface area contributed by atoms with E-state index in [9.17, 15) is 4.79 Å². The quantitative estimate of drug-likeness (QED) is 0.946. The van der Waals surface area contributed by atoms with Crippen LogP contribution in [0.1, 0.15) is 12.5 Å². The number of benzene rings is 1. The summed E-state index contributed by atoms with van der Waals surface area (Å²) in [5.41, 5.74) is 1.72. The normalized spacial score (nSPS) is 12.4. The number of carboxylic acids is 1. The summed E-state index contributed by atoms with van der Waals surface area (Å²) in [6.45, 7) is 3.46. The summed E-state index contributed by atoms with van der Waals surface area (Å²) in [4.78, 5) is 15.1. The third-order valence-corrected chi connectivity index (χ3v) is 3.32. The lowest BCUT2D eigenvalue weighted by molar-refractivity contribution is -0.144. The number of carbonyl (C=O) groups is 1. The van der Waals surface area contributed by atoms with E-state index in [0.29, 0.717) is 11.3 Å². The summed E-state index contributed by atoms with van der Waals surface area (Å²) < 4.78 is 6.33. The second-order valence-electron chi connectivity index (χ2n) is 4.00. The van der Waals surface area contributed by atoms with Gasteiger partial charge in [0.05, 0.1) is 0 Å². The highest BCUT2D eigenvalue weighted by Crippen LogP contribution is 2.32. The topological polar surface area (TPSA) is 59.4 Å². The number of carboxylic acid groups (broad SMARTS) is 1. The molecule has 0 radical (unpaired) electrons. The van der Waals surface area contributed by atoms with Gasteiger partial charge in [0.25, 0.3) is 0 Å². The average Bonchev–Trinajstić information content (AvgIpc) is 2.32. The number of fused-ring (bicyclic) bond motifs is 1. The van der Waals surface area contributed by atoms with Gasteiger partial charge < -0.3 is 9.84 Å². The van der Waals surface area contributed by atoms with Gasteiger partial charge in [0.2, 0.25) is 0 Å². The molecule has 94 valence electrons. The fourth-order valence-electron chi connectivity index (χ4n) is 1.69. The van der Waals surface area contributed by atoms with Crippen molar-refractivity contribution in [2.24, 2.45) is 0 Å². The van der Waals surface area contributed by atoms with E-state index in [1.807, 2.05) is 19.1 Å². The van der Waals surface area contributed by atoms with Gasteiger partial charge >= 0.3 is 5.97 Å². The Morgan fingerprint density at radius 1 is 1.44 bits per heavy atom. The molecule has 1 unspecified atom stereocenters. The van der Waals surface area contributed by atoms with E-state index in [4.69, 9.17) is 9.84 Å². The first-order chi connectivity index (χ1) is 8.50. The van der Waals surface area contributed by atoms with Crippen LogP contribution in [-0.4, -0.2) is 22.2 Å². The van der Waals surface area contributed by atoms with Gasteiger partial charge in [-0.2, -0.15) is 0 Å². The van der Waals surface area contributed by atoms with Crippen LogP contribution in [0.25, 0.3) is 10.9 Å². The van der Waals surface area contributed by atoms with Crippen LogP contribution in [0.2, 0.25) is 0 Å². The van der Waals surface area contributed by atoms with E-state index in [1.165, 1.54) is 6.92 Å². The van der Waals surface area contributed by atoms with E-state index in [1.54, 1.807) is 12.3 Å². The van der Waals surface area contributed by atoms with Crippen molar-refractivity contribution in [2.45, 2.75) is 20.0 Å². The SMILES string of the molecule is Cc1ccnc2c(OC(C)C(=O)O)ccc(Br)c12. The molecule has 0 aliphatic carbocycles. The molecule has 0 fully saturated rings. The predicted molar refractivity (Wildman–Crippen MR) is 71.9 cm³/mol. The largest absolute Gasteiger partial charge is 0.479 e. The number of ether oxygens (including phenoxy) is 1. The zero-order chi connectivity index (χ0) is 13.3. The van der Waals surface area contributed by atoms with Gasteiger partial charge in [0, 0.05) is 16.1 Å². The van der Waals surface area contributed by atoms with Crippen LogP contribution < -0.4 is 4.74 Å². The second-order valence-corrected chi connectivity index (χ2v) is 4.85. The molecule has 5 heteroatoms. The van der Waals surface area contributed by atoms with E-state index in [2.05, 4.69) is 20.9 Å². The number of rotatable bonds is 3. The summed E-state index contributed by atoms with van der Waals surface area (Å²) >= 11 is 3.47. The molecular weight excluding hydrogens is 298 g/mol. The summed E-state index contributed by atoms with van der Waals surface area (Å²) in [7, 11) is 0. The van der Waals surface area contributed by atoms with Gasteiger partial charge in [-0.05, 0) is 37.6 Å². The summed E-state index contributed by atoms with van der Waals surface area (Å²) in [5.74, 6) is -0.523. The molecule has 2 aromatic rings. The average molecular weight is 310 g/mol. The van der Waals surface area contributed by atoms with Crippen molar-refractivity contribution in [3.63, 3.8) is 0 Å². The van der Waals surface area contributed by atoms with E-state index in [0.717, 1.165) is 15.4 Å². The Labute approximate surface area is 113 Å². The van der Waals surface area contributed by atoms with Gasteiger partial charge in [-0.1, -0.05) is 15.9 Å². The minimum atomic E-state index is -1.00. The molecule has 0 aliphatic rings. The summed E-state index contributed by atoms with van der Waals surface area (Å²) in [6.07, 6.45) is 0.777. The van der Waals surface area contributed by atoms with Crippen molar-refractivity contribution in [3.8, 4) is 5.75 Å². The smallest absolute Gasteiger partial charge is 0.344 e. The first-order valence-corrected chi connectivity index (χ1v) is 6.23. The van der Waals surface area contributed by atoms with Crippen LogP contribution >= 0.6 is 15.9 Å². The third kappa shape index (κ3) is 2.31. The number of pyridine rings is 1. The van der Waals surface area contributed by atoms with Gasteiger partial charge in [0.1, 0.15) is 11.3 Å².